The SMILES string of the molecule is Cc1nnc(SC[C@H]2C[C@@H](c3ccc(CO)cc3)O[C@@H](c3ccc(-c4cccc(CN5C(=O)CC(NC(=O)OCc6ccccc6)C5=O)c4)cc3)O2)s1. The summed E-state index contributed by atoms with van der Waals surface area (Å²) in [4.78, 5) is 39.6. The highest BCUT2D eigenvalue weighted by atomic mass is 32.2. The summed E-state index contributed by atoms with van der Waals surface area (Å²) in [6.45, 7) is 2.06. The van der Waals surface area contributed by atoms with Gasteiger partial charge in [-0.05, 0) is 46.4 Å². The molecule has 2 N–H and O–H groups in total. The molecule has 272 valence electrons. The fraction of sp³-hybridized carbons (Fsp3) is 0.275. The summed E-state index contributed by atoms with van der Waals surface area (Å²) < 4.78 is 19.2. The number of aliphatic hydroxyl groups excluding tert-OH is 1. The van der Waals surface area contributed by atoms with Crippen molar-refractivity contribution in [2.45, 2.75) is 68.4 Å². The number of benzene rings is 4. The van der Waals surface area contributed by atoms with Gasteiger partial charge >= 0.3 is 6.09 Å². The van der Waals surface area contributed by atoms with Crippen molar-refractivity contribution in [3.8, 4) is 11.1 Å². The zero-order valence-electron chi connectivity index (χ0n) is 28.9. The van der Waals surface area contributed by atoms with E-state index < -0.39 is 24.3 Å². The number of carbonyl (C=O) groups is 3. The summed E-state index contributed by atoms with van der Waals surface area (Å²) in [5.74, 6) is -0.128. The molecule has 0 spiro atoms. The average Bonchev–Trinajstić information content (AvgIpc) is 3.73. The average molecular weight is 751 g/mol. The molecular formula is C40H38N4O7S2. The lowest BCUT2D eigenvalue weighted by molar-refractivity contribution is -0.245. The number of hydrogen-bond acceptors (Lipinski definition) is 11. The molecule has 53 heavy (non-hydrogen) atoms. The first kappa shape index (κ1) is 36.4. The van der Waals surface area contributed by atoms with E-state index in [1.165, 1.54) is 4.90 Å². The molecular weight excluding hydrogens is 713 g/mol. The van der Waals surface area contributed by atoms with Crippen molar-refractivity contribution in [3.05, 3.63) is 136 Å². The van der Waals surface area contributed by atoms with Crippen LogP contribution < -0.4 is 5.32 Å². The third-order valence-corrected chi connectivity index (χ3v) is 11.2. The highest BCUT2D eigenvalue weighted by Crippen LogP contribution is 2.40. The molecule has 3 heterocycles. The first-order chi connectivity index (χ1) is 25.8. The van der Waals surface area contributed by atoms with E-state index in [-0.39, 0.29) is 44.3 Å². The summed E-state index contributed by atoms with van der Waals surface area (Å²) in [5, 5.41) is 21.4. The number of hydrogen-bond donors (Lipinski definition) is 2. The Labute approximate surface area is 315 Å². The van der Waals surface area contributed by atoms with Gasteiger partial charge < -0.3 is 24.6 Å². The molecule has 3 amide bonds. The Bertz CT molecular complexity index is 2040. The second kappa shape index (κ2) is 16.8. The van der Waals surface area contributed by atoms with Gasteiger partial charge in [0.1, 0.15) is 17.7 Å². The Morgan fingerprint density at radius 2 is 1.66 bits per heavy atom. The smallest absolute Gasteiger partial charge is 0.408 e. The van der Waals surface area contributed by atoms with Crippen molar-refractivity contribution in [2.75, 3.05) is 5.75 Å². The predicted octanol–water partition coefficient (Wildman–Crippen LogP) is 6.90. The van der Waals surface area contributed by atoms with Crippen molar-refractivity contribution < 1.29 is 33.7 Å². The van der Waals surface area contributed by atoms with Crippen LogP contribution in [0.2, 0.25) is 0 Å². The summed E-state index contributed by atoms with van der Waals surface area (Å²) in [6.07, 6.45) is -1.11. The van der Waals surface area contributed by atoms with Gasteiger partial charge in [0.25, 0.3) is 5.91 Å². The van der Waals surface area contributed by atoms with Crippen LogP contribution >= 0.6 is 23.1 Å². The molecule has 2 aliphatic heterocycles. The number of aromatic nitrogens is 2. The minimum atomic E-state index is -0.975. The van der Waals surface area contributed by atoms with Gasteiger partial charge in [-0.25, -0.2) is 4.79 Å². The highest BCUT2D eigenvalue weighted by Gasteiger charge is 2.40. The first-order valence-electron chi connectivity index (χ1n) is 17.3. The van der Waals surface area contributed by atoms with Gasteiger partial charge in [0.2, 0.25) is 5.91 Å². The Kier molecular flexibility index (Phi) is 11.6. The highest BCUT2D eigenvalue weighted by molar-refractivity contribution is 8.01. The summed E-state index contributed by atoms with van der Waals surface area (Å²) in [7, 11) is 0. The number of alkyl carbamates (subject to hydrolysis) is 1. The van der Waals surface area contributed by atoms with Crippen LogP contribution in [0.1, 0.15) is 58.1 Å². The predicted molar refractivity (Wildman–Crippen MR) is 199 cm³/mol. The number of rotatable bonds is 12. The molecule has 2 aliphatic rings. The maximum Gasteiger partial charge on any atom is 0.408 e. The lowest BCUT2D eigenvalue weighted by Gasteiger charge is -2.36. The first-order valence-corrected chi connectivity index (χ1v) is 19.1. The van der Waals surface area contributed by atoms with E-state index in [9.17, 15) is 19.5 Å². The molecule has 5 aromatic rings. The molecule has 0 aliphatic carbocycles. The number of aliphatic hydroxyl groups is 1. The van der Waals surface area contributed by atoms with Gasteiger partial charge in [-0.2, -0.15) is 0 Å². The molecule has 2 saturated heterocycles. The van der Waals surface area contributed by atoms with Crippen LogP contribution in [0.5, 0.6) is 0 Å². The molecule has 7 rings (SSSR count). The zero-order chi connectivity index (χ0) is 36.7. The van der Waals surface area contributed by atoms with Crippen LogP contribution in [0.15, 0.2) is 107 Å². The molecule has 0 saturated carbocycles. The van der Waals surface area contributed by atoms with E-state index in [0.29, 0.717) is 12.2 Å². The van der Waals surface area contributed by atoms with E-state index in [0.717, 1.165) is 48.3 Å². The van der Waals surface area contributed by atoms with Gasteiger partial charge in [0, 0.05) is 17.7 Å². The molecule has 11 nitrogen and oxygen atoms in total. The van der Waals surface area contributed by atoms with Crippen LogP contribution in [-0.2, 0) is 43.6 Å². The number of carbonyl (C=O) groups excluding carboxylic acids is 3. The monoisotopic (exact) mass is 750 g/mol. The fourth-order valence-corrected chi connectivity index (χ4v) is 8.12. The van der Waals surface area contributed by atoms with E-state index >= 15 is 0 Å². The Morgan fingerprint density at radius 3 is 2.40 bits per heavy atom. The lowest BCUT2D eigenvalue weighted by Crippen LogP contribution is -2.41. The van der Waals surface area contributed by atoms with E-state index in [2.05, 4.69) is 15.5 Å². The number of amides is 3. The Balaban J connectivity index is 0.997. The normalized spacial score (nSPS) is 20.1. The number of thioether (sulfide) groups is 1. The van der Waals surface area contributed by atoms with Crippen molar-refractivity contribution >= 4 is 41.0 Å². The Hall–Kier alpha value is -4.92. The number of ether oxygens (including phenoxy) is 3. The number of nitrogens with zero attached hydrogens (tertiary/aromatic N) is 3. The van der Waals surface area contributed by atoms with Crippen LogP contribution in [-0.4, -0.2) is 56.0 Å². The third-order valence-electron chi connectivity index (χ3n) is 9.05. The minimum Gasteiger partial charge on any atom is -0.445 e. The van der Waals surface area contributed by atoms with Gasteiger partial charge in [0.15, 0.2) is 10.6 Å². The molecule has 13 heteroatoms. The van der Waals surface area contributed by atoms with E-state index in [4.69, 9.17) is 14.2 Å². The molecule has 0 bridgehead atoms. The van der Waals surface area contributed by atoms with Crippen molar-refractivity contribution in [2.24, 2.45) is 0 Å². The quantitative estimate of drug-likeness (QED) is 0.102. The number of likely N-dealkylation sites (tertiary alicyclic amines) is 1. The number of aryl methyl sites for hydroxylation is 1. The number of imide groups is 1. The van der Waals surface area contributed by atoms with Gasteiger partial charge in [-0.1, -0.05) is 120 Å². The molecule has 2 fully saturated rings. The zero-order valence-corrected chi connectivity index (χ0v) is 30.6. The van der Waals surface area contributed by atoms with Crippen molar-refractivity contribution in [1.29, 1.82) is 0 Å². The summed E-state index contributed by atoms with van der Waals surface area (Å²) >= 11 is 3.19. The molecule has 1 unspecified atom stereocenters. The summed E-state index contributed by atoms with van der Waals surface area (Å²) in [6, 6.07) is 31.7. The topological polar surface area (TPSA) is 140 Å². The third kappa shape index (κ3) is 9.18. The van der Waals surface area contributed by atoms with Crippen LogP contribution in [0.3, 0.4) is 0 Å². The van der Waals surface area contributed by atoms with Crippen molar-refractivity contribution in [3.63, 3.8) is 0 Å². The second-order valence-electron chi connectivity index (χ2n) is 12.9. The van der Waals surface area contributed by atoms with Crippen molar-refractivity contribution in [1.82, 2.24) is 20.4 Å². The Morgan fingerprint density at radius 1 is 0.906 bits per heavy atom. The van der Waals surface area contributed by atoms with E-state index in [1.54, 1.807) is 23.1 Å². The lowest BCUT2D eigenvalue weighted by atomic mass is 9.99. The van der Waals surface area contributed by atoms with Crippen LogP contribution in [0.4, 0.5) is 4.79 Å². The maximum absolute atomic E-state index is 13.1. The fourth-order valence-electron chi connectivity index (χ4n) is 6.26. The van der Waals surface area contributed by atoms with Crippen LogP contribution in [0.25, 0.3) is 11.1 Å². The van der Waals surface area contributed by atoms with Gasteiger partial charge in [0.05, 0.1) is 31.8 Å². The number of nitrogens with one attached hydrogen (secondary N) is 1. The second-order valence-corrected chi connectivity index (χ2v) is 15.3. The minimum absolute atomic E-state index is 0.0201. The molecule has 4 aromatic carbocycles. The largest absolute Gasteiger partial charge is 0.445 e. The molecule has 0 radical (unpaired) electrons. The van der Waals surface area contributed by atoms with Gasteiger partial charge in [-0.3, -0.25) is 14.5 Å². The maximum atomic E-state index is 13.1. The van der Waals surface area contributed by atoms with E-state index in [1.807, 2.05) is 110 Å². The molecule has 4 atom stereocenters. The summed E-state index contributed by atoms with van der Waals surface area (Å²) in [5.41, 5.74) is 6.19. The van der Waals surface area contributed by atoms with Gasteiger partial charge in [-0.15, -0.1) is 10.2 Å². The van der Waals surface area contributed by atoms with Crippen LogP contribution in [0, 0.1) is 6.92 Å². The molecule has 1 aromatic heterocycles. The standard InChI is InChI=1S/C40H38N4O7S2/c1-25-42-43-40(53-25)52-24-33-19-35(30-12-10-26(22-45)11-13-30)51-38(50-33)31-16-14-29(15-17-31)32-9-5-8-28(18-32)21-44-36(46)20-34(37(44)47)41-39(48)49-23-27-6-3-2-4-7-27/h2-18,33-35,38,45H,19-24H2,1H3,(H,41,48)/t33-,34?,35+,38+/m1/s1.